The van der Waals surface area contributed by atoms with Gasteiger partial charge in [-0.05, 0) is 23.7 Å². The van der Waals surface area contributed by atoms with Crippen molar-refractivity contribution in [2.75, 3.05) is 6.61 Å². The van der Waals surface area contributed by atoms with Crippen LogP contribution in [0.15, 0.2) is 42.5 Å². The second-order valence-corrected chi connectivity index (χ2v) is 12.6. The Labute approximate surface area is 141 Å². The average molecular weight is 335 g/mol. The van der Waals surface area contributed by atoms with Gasteiger partial charge >= 0.3 is 0 Å². The van der Waals surface area contributed by atoms with Crippen LogP contribution >= 0.6 is 0 Å². The average Bonchev–Trinajstić information content (AvgIpc) is 2.79. The number of benzene rings is 1. The molecule has 3 atom stereocenters. The molecule has 128 valence electrons. The van der Waals surface area contributed by atoms with Gasteiger partial charge in [-0.1, -0.05) is 63.3 Å². The number of aliphatic hydroxyl groups excluding tert-OH is 1. The van der Waals surface area contributed by atoms with Gasteiger partial charge in [0.25, 0.3) is 0 Å². The maximum atomic E-state index is 10.2. The fourth-order valence-electron chi connectivity index (χ4n) is 2.43. The molecule has 0 saturated heterocycles. The van der Waals surface area contributed by atoms with Crippen LogP contribution in [0.5, 0.6) is 0 Å². The standard InChI is InChI=1S/C19H30O3Si/c1-19(2,3)23(4,5)22-18-12-11-17(20)16(18)14-21-13-15-9-7-6-8-10-15/h6-12,16-18,20H,13-14H2,1-5H3/t16?,17-,18?/m1/s1. The minimum Gasteiger partial charge on any atom is -0.410 e. The van der Waals surface area contributed by atoms with Crippen molar-refractivity contribution in [2.24, 2.45) is 5.92 Å². The highest BCUT2D eigenvalue weighted by atomic mass is 28.4. The third kappa shape index (κ3) is 4.77. The minimum atomic E-state index is -1.86. The van der Waals surface area contributed by atoms with Crippen LogP contribution in [0.2, 0.25) is 18.1 Å². The Bertz CT molecular complexity index is 519. The molecule has 0 aliphatic heterocycles. The van der Waals surface area contributed by atoms with Crippen molar-refractivity contribution in [3.8, 4) is 0 Å². The zero-order valence-electron chi connectivity index (χ0n) is 15.0. The van der Waals surface area contributed by atoms with Gasteiger partial charge in [-0.3, -0.25) is 0 Å². The summed E-state index contributed by atoms with van der Waals surface area (Å²) in [6.45, 7) is 12.2. The van der Waals surface area contributed by atoms with Crippen LogP contribution in [-0.4, -0.2) is 32.2 Å². The van der Waals surface area contributed by atoms with Gasteiger partial charge in [0.05, 0.1) is 25.4 Å². The maximum Gasteiger partial charge on any atom is 0.192 e. The van der Waals surface area contributed by atoms with E-state index in [1.165, 1.54) is 0 Å². The van der Waals surface area contributed by atoms with Gasteiger partial charge in [-0.2, -0.15) is 0 Å². The lowest BCUT2D eigenvalue weighted by Crippen LogP contribution is -2.46. The highest BCUT2D eigenvalue weighted by Crippen LogP contribution is 2.39. The Morgan fingerprint density at radius 2 is 1.74 bits per heavy atom. The minimum absolute atomic E-state index is 0.0205. The van der Waals surface area contributed by atoms with Gasteiger partial charge in [0.1, 0.15) is 0 Å². The van der Waals surface area contributed by atoms with Crippen LogP contribution in [0.3, 0.4) is 0 Å². The van der Waals surface area contributed by atoms with E-state index in [2.05, 4.69) is 33.9 Å². The van der Waals surface area contributed by atoms with E-state index >= 15 is 0 Å². The van der Waals surface area contributed by atoms with E-state index in [0.29, 0.717) is 13.2 Å². The molecule has 0 radical (unpaired) electrons. The van der Waals surface area contributed by atoms with Crippen LogP contribution in [0.25, 0.3) is 0 Å². The number of hydrogen-bond donors (Lipinski definition) is 1. The normalized spacial score (nSPS) is 25.0. The van der Waals surface area contributed by atoms with Gasteiger partial charge in [0.2, 0.25) is 0 Å². The SMILES string of the molecule is CC(C)(C)[Si](C)(C)OC1C=C[C@@H](O)C1COCc1ccccc1. The van der Waals surface area contributed by atoms with Crippen LogP contribution in [0, 0.1) is 5.92 Å². The molecule has 0 aromatic heterocycles. The highest BCUT2D eigenvalue weighted by Gasteiger charge is 2.42. The summed E-state index contributed by atoms with van der Waals surface area (Å²) in [5.74, 6) is -0.0205. The Morgan fingerprint density at radius 3 is 2.35 bits per heavy atom. The van der Waals surface area contributed by atoms with Crippen LogP contribution in [-0.2, 0) is 15.8 Å². The van der Waals surface area contributed by atoms with Crippen molar-refractivity contribution in [3.63, 3.8) is 0 Å². The van der Waals surface area contributed by atoms with E-state index in [9.17, 15) is 5.11 Å². The van der Waals surface area contributed by atoms with E-state index in [1.807, 2.05) is 42.5 Å². The van der Waals surface area contributed by atoms with Crippen molar-refractivity contribution in [3.05, 3.63) is 48.0 Å². The van der Waals surface area contributed by atoms with Gasteiger partial charge in [-0.25, -0.2) is 0 Å². The number of rotatable bonds is 6. The lowest BCUT2D eigenvalue weighted by molar-refractivity contribution is 0.00461. The summed E-state index contributed by atoms with van der Waals surface area (Å²) in [5, 5.41) is 10.4. The lowest BCUT2D eigenvalue weighted by Gasteiger charge is -2.39. The molecule has 0 fully saturated rings. The monoisotopic (exact) mass is 334 g/mol. The van der Waals surface area contributed by atoms with E-state index in [-0.39, 0.29) is 17.1 Å². The Hall–Kier alpha value is -0.943. The predicted octanol–water partition coefficient (Wildman–Crippen LogP) is 4.14. The van der Waals surface area contributed by atoms with Crippen molar-refractivity contribution < 1.29 is 14.3 Å². The molecule has 1 aliphatic rings. The molecular weight excluding hydrogens is 304 g/mol. The summed E-state index contributed by atoms with van der Waals surface area (Å²) >= 11 is 0. The summed E-state index contributed by atoms with van der Waals surface area (Å²) in [6.07, 6.45) is 3.30. The van der Waals surface area contributed by atoms with Gasteiger partial charge in [0.15, 0.2) is 8.32 Å². The summed E-state index contributed by atoms with van der Waals surface area (Å²) in [4.78, 5) is 0. The third-order valence-corrected chi connectivity index (χ3v) is 9.49. The van der Waals surface area contributed by atoms with E-state index in [1.54, 1.807) is 0 Å². The lowest BCUT2D eigenvalue weighted by atomic mass is 10.0. The van der Waals surface area contributed by atoms with Crippen LogP contribution in [0.4, 0.5) is 0 Å². The van der Waals surface area contributed by atoms with E-state index in [4.69, 9.17) is 9.16 Å². The number of aliphatic hydroxyl groups is 1. The van der Waals surface area contributed by atoms with Crippen molar-refractivity contribution in [1.29, 1.82) is 0 Å². The number of hydrogen-bond acceptors (Lipinski definition) is 3. The quantitative estimate of drug-likeness (QED) is 0.628. The fraction of sp³-hybridized carbons (Fsp3) is 0.579. The number of ether oxygens (including phenoxy) is 1. The molecule has 0 spiro atoms. The third-order valence-electron chi connectivity index (χ3n) is 5.02. The Balaban J connectivity index is 1.92. The second kappa shape index (κ2) is 7.30. The summed E-state index contributed by atoms with van der Waals surface area (Å²) in [7, 11) is -1.86. The maximum absolute atomic E-state index is 10.2. The van der Waals surface area contributed by atoms with Crippen molar-refractivity contribution >= 4 is 8.32 Å². The molecule has 3 nitrogen and oxygen atoms in total. The molecular formula is C19H30O3Si. The largest absolute Gasteiger partial charge is 0.410 e. The van der Waals surface area contributed by atoms with E-state index in [0.717, 1.165) is 5.56 Å². The van der Waals surface area contributed by atoms with Gasteiger partial charge in [0, 0.05) is 5.92 Å². The van der Waals surface area contributed by atoms with Gasteiger partial charge in [-0.15, -0.1) is 0 Å². The molecule has 1 N–H and O–H groups in total. The summed E-state index contributed by atoms with van der Waals surface area (Å²) < 4.78 is 12.3. The van der Waals surface area contributed by atoms with Crippen molar-refractivity contribution in [2.45, 2.75) is 57.7 Å². The second-order valence-electron chi connectivity index (χ2n) is 7.88. The molecule has 0 heterocycles. The molecule has 0 amide bonds. The molecule has 2 rings (SSSR count). The molecule has 1 aromatic rings. The highest BCUT2D eigenvalue weighted by molar-refractivity contribution is 6.74. The Morgan fingerprint density at radius 1 is 1.09 bits per heavy atom. The molecule has 4 heteroatoms. The first-order chi connectivity index (χ1) is 10.7. The predicted molar refractivity (Wildman–Crippen MR) is 96.8 cm³/mol. The summed E-state index contributed by atoms with van der Waals surface area (Å²) in [5.41, 5.74) is 1.15. The molecule has 0 saturated carbocycles. The zero-order chi connectivity index (χ0) is 17.1. The topological polar surface area (TPSA) is 38.7 Å². The fourth-order valence-corrected chi connectivity index (χ4v) is 3.71. The first-order valence-electron chi connectivity index (χ1n) is 8.36. The zero-order valence-corrected chi connectivity index (χ0v) is 16.0. The molecule has 1 aliphatic carbocycles. The first-order valence-corrected chi connectivity index (χ1v) is 11.3. The molecule has 2 unspecified atom stereocenters. The van der Waals surface area contributed by atoms with Crippen molar-refractivity contribution in [1.82, 2.24) is 0 Å². The van der Waals surface area contributed by atoms with E-state index < -0.39 is 14.4 Å². The van der Waals surface area contributed by atoms with Gasteiger partial charge < -0.3 is 14.3 Å². The van der Waals surface area contributed by atoms with Crippen LogP contribution in [0.1, 0.15) is 26.3 Å². The molecule has 23 heavy (non-hydrogen) atoms. The Kier molecular flexibility index (Phi) is 5.84. The molecule has 0 bridgehead atoms. The molecule has 1 aromatic carbocycles. The smallest absolute Gasteiger partial charge is 0.192 e. The first kappa shape index (κ1) is 18.4. The summed E-state index contributed by atoms with van der Waals surface area (Å²) in [6, 6.07) is 10.1. The van der Waals surface area contributed by atoms with Crippen LogP contribution < -0.4 is 0 Å².